The number of nitrogens with zero attached hydrogens (tertiary/aromatic N) is 3. The van der Waals surface area contributed by atoms with Gasteiger partial charge in [-0.1, -0.05) is 66.5 Å². The lowest BCUT2D eigenvalue weighted by Gasteiger charge is -2.59. The van der Waals surface area contributed by atoms with Crippen molar-refractivity contribution in [2.75, 3.05) is 26.9 Å². The summed E-state index contributed by atoms with van der Waals surface area (Å²) in [5.74, 6) is -0.349. The predicted octanol–water partition coefficient (Wildman–Crippen LogP) is 10.8. The molecule has 12 nitrogen and oxygen atoms in total. The summed E-state index contributed by atoms with van der Waals surface area (Å²) < 4.78 is 21.0. The van der Waals surface area contributed by atoms with Crippen molar-refractivity contribution in [3.63, 3.8) is 0 Å². The number of ether oxygens (including phenoxy) is 3. The number of rotatable bonds is 19. The van der Waals surface area contributed by atoms with Crippen LogP contribution < -0.4 is 9.47 Å². The molecular formula is C54H59N3O9. The number of oxime groups is 1. The smallest absolute Gasteiger partial charge is 0.269 e. The molecule has 1 fully saturated rings. The van der Waals surface area contributed by atoms with Crippen LogP contribution in [0.1, 0.15) is 83.5 Å². The van der Waals surface area contributed by atoms with Gasteiger partial charge in [0.15, 0.2) is 0 Å². The lowest BCUT2D eigenvalue weighted by molar-refractivity contribution is -0.384. The van der Waals surface area contributed by atoms with Crippen LogP contribution in [0.2, 0.25) is 0 Å². The van der Waals surface area contributed by atoms with Crippen LogP contribution in [0.15, 0.2) is 133 Å². The molecule has 5 aromatic rings. The monoisotopic (exact) mass is 893 g/mol. The third-order valence-electron chi connectivity index (χ3n) is 13.7. The van der Waals surface area contributed by atoms with Gasteiger partial charge in [-0.25, -0.2) is 0 Å². The van der Waals surface area contributed by atoms with Crippen LogP contribution in [0.4, 0.5) is 5.69 Å². The molecule has 1 amide bonds. The average molecular weight is 894 g/mol. The zero-order valence-electron chi connectivity index (χ0n) is 37.9. The maximum atomic E-state index is 15.0. The molecule has 3 aliphatic rings. The number of aryl methyl sites for hydroxylation is 2. The number of allylic oxidation sites excluding steroid dienone is 1. The number of carbonyl (C=O) groups excluding carboxylic acids is 1. The Labute approximate surface area is 386 Å². The molecular weight excluding hydrogens is 835 g/mol. The van der Waals surface area contributed by atoms with E-state index in [-0.39, 0.29) is 62.2 Å². The summed E-state index contributed by atoms with van der Waals surface area (Å²) in [4.78, 5) is 33.8. The summed E-state index contributed by atoms with van der Waals surface area (Å²) in [6.45, 7) is 8.52. The molecule has 2 N–H and O–H groups in total. The highest BCUT2D eigenvalue weighted by Gasteiger charge is 2.65. The highest BCUT2D eigenvalue weighted by molar-refractivity contribution is 6.04. The van der Waals surface area contributed by atoms with Crippen molar-refractivity contribution < 1.29 is 39.0 Å². The molecule has 0 aromatic heterocycles. The lowest BCUT2D eigenvalue weighted by Crippen LogP contribution is -2.69. The Kier molecular flexibility index (Phi) is 14.3. The number of unbranched alkanes of at least 4 members (excludes halogenated alkanes) is 2. The van der Waals surface area contributed by atoms with Crippen molar-refractivity contribution in [3.8, 4) is 17.2 Å². The quantitative estimate of drug-likeness (QED) is 0.0357. The van der Waals surface area contributed by atoms with Crippen molar-refractivity contribution in [1.29, 1.82) is 0 Å². The Morgan fingerprint density at radius 3 is 2.36 bits per heavy atom. The van der Waals surface area contributed by atoms with Gasteiger partial charge in [0.25, 0.3) is 11.6 Å². The molecule has 8 rings (SSSR count). The van der Waals surface area contributed by atoms with Gasteiger partial charge < -0.3 is 34.2 Å². The SMILES string of the molecule is C=CCOC12Oc3ccc(Oc4ccc(C)c(C)c4)cc3C3C(CCCCO)C(CCCCO)C=C(C(=NOCc4ccc([N+](=O)[O-])cc4)CC1N(C)C(=O)c1ccc4ccccc4c1)C32. The summed E-state index contributed by atoms with van der Waals surface area (Å²) in [7, 11) is 1.79. The highest BCUT2D eigenvalue weighted by atomic mass is 16.7. The summed E-state index contributed by atoms with van der Waals surface area (Å²) in [5.41, 5.74) is 5.97. The standard InChI is InChI=1S/C54H59N3O9/c1-5-28-63-54-50(56(4)53(60)41-20-19-38-12-6-7-13-39(38)30-41)33-48(55-64-34-37-17-21-42(22-18-37)57(61)62)46-31-40(14-8-10-26-58)45(15-9-11-27-59)51(52(46)54)47-32-44(24-25-49(47)66-54)65-43-23-16-35(2)36(3)29-43/h5-7,12-13,16-25,29-32,40,45,50-52,58-59H,1,8-11,14-15,26-28,33-34H2,2-4H3. The van der Waals surface area contributed by atoms with E-state index in [0.29, 0.717) is 41.2 Å². The van der Waals surface area contributed by atoms with Crippen LogP contribution in [0.3, 0.4) is 0 Å². The Morgan fingerprint density at radius 2 is 1.64 bits per heavy atom. The first-order valence-corrected chi connectivity index (χ1v) is 23.0. The lowest BCUT2D eigenvalue weighted by atomic mass is 9.55. The second-order valence-corrected chi connectivity index (χ2v) is 17.8. The first-order valence-electron chi connectivity index (χ1n) is 23.0. The fourth-order valence-corrected chi connectivity index (χ4v) is 10.3. The largest absolute Gasteiger partial charge is 0.459 e. The number of amides is 1. The molecule has 12 heteroatoms. The number of non-ortho nitro benzene ring substituents is 1. The zero-order chi connectivity index (χ0) is 46.4. The van der Waals surface area contributed by atoms with E-state index in [1.54, 1.807) is 30.2 Å². The number of hydrogen-bond donors (Lipinski definition) is 2. The molecule has 1 aliphatic heterocycles. The Hall–Kier alpha value is -6.34. The Balaban J connectivity index is 1.30. The van der Waals surface area contributed by atoms with Crippen molar-refractivity contribution in [2.24, 2.45) is 22.9 Å². The fourth-order valence-electron chi connectivity index (χ4n) is 10.3. The first-order chi connectivity index (χ1) is 32.0. The number of carbonyl (C=O) groups is 1. The van der Waals surface area contributed by atoms with E-state index >= 15 is 0 Å². The number of benzene rings is 5. The summed E-state index contributed by atoms with van der Waals surface area (Å²) in [6, 6.07) is 31.1. The maximum Gasteiger partial charge on any atom is 0.269 e. The molecule has 0 radical (unpaired) electrons. The second kappa shape index (κ2) is 20.4. The van der Waals surface area contributed by atoms with Gasteiger partial charge in [-0.15, -0.1) is 6.58 Å². The van der Waals surface area contributed by atoms with Gasteiger partial charge in [-0.2, -0.15) is 0 Å². The van der Waals surface area contributed by atoms with Gasteiger partial charge in [0.2, 0.25) is 5.79 Å². The molecule has 344 valence electrons. The molecule has 2 aliphatic carbocycles. The minimum Gasteiger partial charge on any atom is -0.459 e. The number of likely N-dealkylation sites (N-methyl/N-ethyl adjacent to an activating group) is 1. The van der Waals surface area contributed by atoms with Crippen LogP contribution in [-0.4, -0.2) is 70.4 Å². The van der Waals surface area contributed by atoms with E-state index in [2.05, 4.69) is 32.6 Å². The third-order valence-corrected chi connectivity index (χ3v) is 13.7. The molecule has 6 unspecified atom stereocenters. The number of nitro groups is 1. The molecule has 66 heavy (non-hydrogen) atoms. The van der Waals surface area contributed by atoms with Crippen molar-refractivity contribution in [2.45, 2.75) is 83.1 Å². The first kappa shape index (κ1) is 46.2. The number of nitro benzene ring substituents is 1. The molecule has 0 spiro atoms. The topological polar surface area (TPSA) is 153 Å². The normalized spacial score (nSPS) is 22.4. The van der Waals surface area contributed by atoms with Crippen molar-refractivity contribution in [3.05, 3.63) is 165 Å². The zero-order valence-corrected chi connectivity index (χ0v) is 37.9. The van der Waals surface area contributed by atoms with Crippen LogP contribution >= 0.6 is 0 Å². The molecule has 5 aromatic carbocycles. The van der Waals surface area contributed by atoms with Gasteiger partial charge in [-0.05, 0) is 139 Å². The molecule has 1 heterocycles. The van der Waals surface area contributed by atoms with Crippen LogP contribution in [0.25, 0.3) is 10.8 Å². The molecule has 6 atom stereocenters. The fraction of sp³-hybridized carbons (Fsp3) is 0.370. The van der Waals surface area contributed by atoms with Crippen LogP contribution in [0.5, 0.6) is 17.2 Å². The molecule has 0 bridgehead atoms. The second-order valence-electron chi connectivity index (χ2n) is 17.8. The van der Waals surface area contributed by atoms with Gasteiger partial charge in [-0.3, -0.25) is 14.9 Å². The number of fused-ring (bicyclic) bond motifs is 3. The minimum atomic E-state index is -1.43. The van der Waals surface area contributed by atoms with Crippen molar-refractivity contribution >= 4 is 28.1 Å². The van der Waals surface area contributed by atoms with E-state index < -0.39 is 22.7 Å². The van der Waals surface area contributed by atoms with Gasteiger partial charge >= 0.3 is 0 Å². The summed E-state index contributed by atoms with van der Waals surface area (Å²) in [6.07, 6.45) is 8.66. The average Bonchev–Trinajstić information content (AvgIpc) is 3.33. The van der Waals surface area contributed by atoms with E-state index in [4.69, 9.17) is 24.2 Å². The van der Waals surface area contributed by atoms with Crippen LogP contribution in [-0.2, 0) is 16.2 Å². The van der Waals surface area contributed by atoms with Crippen molar-refractivity contribution in [1.82, 2.24) is 4.90 Å². The van der Waals surface area contributed by atoms with Gasteiger partial charge in [0, 0.05) is 55.9 Å². The maximum absolute atomic E-state index is 15.0. The third kappa shape index (κ3) is 9.49. The van der Waals surface area contributed by atoms with E-state index in [1.165, 1.54) is 17.7 Å². The van der Waals surface area contributed by atoms with E-state index in [1.807, 2.05) is 72.8 Å². The summed E-state index contributed by atoms with van der Waals surface area (Å²) in [5, 5.41) is 38.2. The minimum absolute atomic E-state index is 0.0190. The number of aliphatic hydroxyl groups excluding tert-OH is 2. The Morgan fingerprint density at radius 1 is 0.909 bits per heavy atom. The number of aliphatic hydroxyl groups is 2. The molecule has 1 saturated carbocycles. The highest BCUT2D eigenvalue weighted by Crippen LogP contribution is 2.62. The Bertz CT molecular complexity index is 2630. The molecule has 0 saturated heterocycles. The van der Waals surface area contributed by atoms with E-state index in [0.717, 1.165) is 58.9 Å². The van der Waals surface area contributed by atoms with Gasteiger partial charge in [0.05, 0.1) is 23.2 Å². The predicted molar refractivity (Wildman–Crippen MR) is 255 cm³/mol. The number of hydrogen-bond acceptors (Lipinski definition) is 10. The van der Waals surface area contributed by atoms with Gasteiger partial charge in [0.1, 0.15) is 29.9 Å². The summed E-state index contributed by atoms with van der Waals surface area (Å²) >= 11 is 0. The van der Waals surface area contributed by atoms with Crippen LogP contribution in [0, 0.1) is 41.7 Å². The van der Waals surface area contributed by atoms with E-state index in [9.17, 15) is 25.1 Å².